The molecule has 9 nitrogen and oxygen atoms in total. The predicted octanol–water partition coefficient (Wildman–Crippen LogP) is 17.5. The summed E-state index contributed by atoms with van der Waals surface area (Å²) in [6.07, 6.45) is 74.0. The van der Waals surface area contributed by atoms with Crippen molar-refractivity contribution >= 4 is 13.7 Å². The quantitative estimate of drug-likeness (QED) is 0.0239. The number of unbranched alkanes of at least 4 members (excludes halogenated alkanes) is 28. The largest absolute Gasteiger partial charge is 0.756 e. The molecule has 10 heteroatoms. The van der Waals surface area contributed by atoms with Crippen molar-refractivity contribution in [1.29, 1.82) is 0 Å². The molecule has 0 aromatic heterocycles. The van der Waals surface area contributed by atoms with Crippen LogP contribution in [0.5, 0.6) is 0 Å². The monoisotopic (exact) mass is 1070 g/mol. The first kappa shape index (κ1) is 72.6. The smallest absolute Gasteiger partial charge is 0.268 e. The van der Waals surface area contributed by atoms with E-state index in [2.05, 4.69) is 104 Å². The molecule has 0 bridgehead atoms. The normalized spacial score (nSPS) is 14.8. The van der Waals surface area contributed by atoms with Crippen molar-refractivity contribution in [1.82, 2.24) is 5.32 Å². The Labute approximate surface area is 463 Å². The Morgan fingerprint density at radius 2 is 0.853 bits per heavy atom. The number of carbonyl (C=O) groups excluding carboxylic acids is 1. The van der Waals surface area contributed by atoms with Gasteiger partial charge in [-0.05, 0) is 96.3 Å². The van der Waals surface area contributed by atoms with Crippen molar-refractivity contribution in [2.75, 3.05) is 40.9 Å². The third kappa shape index (κ3) is 56.2. The van der Waals surface area contributed by atoms with Gasteiger partial charge in [0.15, 0.2) is 0 Å². The number of aliphatic hydroxyl groups excluding tert-OH is 2. The van der Waals surface area contributed by atoms with E-state index in [0.717, 1.165) is 77.0 Å². The van der Waals surface area contributed by atoms with Crippen molar-refractivity contribution in [3.8, 4) is 0 Å². The molecular formula is C65H119N2O7P. The first-order valence-electron chi connectivity index (χ1n) is 31.0. The lowest BCUT2D eigenvalue weighted by Gasteiger charge is -2.31. The second-order valence-electron chi connectivity index (χ2n) is 22.1. The van der Waals surface area contributed by atoms with Gasteiger partial charge in [0, 0.05) is 6.42 Å². The molecule has 0 aromatic carbocycles. The molecule has 0 aromatic rings. The van der Waals surface area contributed by atoms with Crippen molar-refractivity contribution in [3.63, 3.8) is 0 Å². The molecule has 4 atom stereocenters. The summed E-state index contributed by atoms with van der Waals surface area (Å²) in [5.41, 5.74) is 0. The van der Waals surface area contributed by atoms with Gasteiger partial charge in [0.25, 0.3) is 7.82 Å². The minimum atomic E-state index is -4.68. The molecule has 3 N–H and O–H groups in total. The fourth-order valence-electron chi connectivity index (χ4n) is 8.83. The second-order valence-corrected chi connectivity index (χ2v) is 23.6. The standard InChI is InChI=1S/C65H119N2O7P/c1-6-8-10-12-14-16-18-20-21-22-23-24-25-26-27-28-29-30-31-32-33-34-35-36-37-38-39-40-41-42-43-44-45-46-48-50-52-54-56-58-64(69)66-62(61-74-75(71,72)73-60-59-67(3,4)5)65(70)63(68)57-55-53-51-49-47-19-17-15-13-11-9-7-2/h8,10,14-17,20-21,23-24,26-27,49,51,62-63,65,68,70H,6-7,9,11-13,18-19,22,25,28-48,50,52-61H2,1-5H3,(H-,66,69,71,72)/b10-8-,16-14-,17-15+,21-20-,24-23-,27-26-,51-49+. The molecule has 0 aliphatic rings. The van der Waals surface area contributed by atoms with Crippen LogP contribution in [-0.4, -0.2) is 79.8 Å². The summed E-state index contributed by atoms with van der Waals surface area (Å²) in [5, 5.41) is 24.7. The summed E-state index contributed by atoms with van der Waals surface area (Å²) >= 11 is 0. The lowest BCUT2D eigenvalue weighted by atomic mass is 10.0. The van der Waals surface area contributed by atoms with E-state index < -0.39 is 32.7 Å². The van der Waals surface area contributed by atoms with Crippen molar-refractivity contribution < 1.29 is 38.0 Å². The minimum Gasteiger partial charge on any atom is -0.756 e. The van der Waals surface area contributed by atoms with Crippen LogP contribution < -0.4 is 10.2 Å². The second kappa shape index (κ2) is 55.0. The average molecular weight is 1070 g/mol. The van der Waals surface area contributed by atoms with Crippen LogP contribution in [0.4, 0.5) is 0 Å². The molecule has 0 aliphatic heterocycles. The Kier molecular flexibility index (Phi) is 53.2. The van der Waals surface area contributed by atoms with E-state index in [1.807, 2.05) is 21.1 Å². The maximum atomic E-state index is 13.0. The number of phosphoric acid groups is 1. The van der Waals surface area contributed by atoms with Gasteiger partial charge in [0.05, 0.1) is 39.9 Å². The number of rotatable bonds is 56. The molecule has 436 valence electrons. The van der Waals surface area contributed by atoms with Gasteiger partial charge in [-0.3, -0.25) is 9.36 Å². The first-order chi connectivity index (χ1) is 36.4. The molecule has 0 heterocycles. The Balaban J connectivity index is 3.98. The van der Waals surface area contributed by atoms with E-state index >= 15 is 0 Å². The zero-order valence-electron chi connectivity index (χ0n) is 49.3. The third-order valence-corrected chi connectivity index (χ3v) is 14.7. The SMILES string of the molecule is CC/C=C\C/C=C\C/C=C\C/C=C\C/C=C\CCCCCCCCCCCCCCCCCCCCCCCCCC(=O)NC(COP(=O)([O-])OCC[N+](C)(C)C)C(O)C(O)CCC/C=C/CC/C=C/CCCCC. The van der Waals surface area contributed by atoms with Crippen molar-refractivity contribution in [2.24, 2.45) is 0 Å². The molecule has 0 radical (unpaired) electrons. The number of nitrogens with one attached hydrogen (secondary N) is 1. The number of hydrogen-bond donors (Lipinski definition) is 3. The topological polar surface area (TPSA) is 128 Å². The highest BCUT2D eigenvalue weighted by molar-refractivity contribution is 7.45. The first-order valence-corrected chi connectivity index (χ1v) is 32.5. The van der Waals surface area contributed by atoms with E-state index in [4.69, 9.17) is 9.05 Å². The van der Waals surface area contributed by atoms with E-state index in [9.17, 15) is 24.5 Å². The summed E-state index contributed by atoms with van der Waals surface area (Å²) in [7, 11) is 1.10. The van der Waals surface area contributed by atoms with Crippen molar-refractivity contribution in [2.45, 2.75) is 283 Å². The van der Waals surface area contributed by atoms with E-state index in [1.54, 1.807) is 0 Å². The van der Waals surface area contributed by atoms with Crippen LogP contribution in [0.25, 0.3) is 0 Å². The average Bonchev–Trinajstić information content (AvgIpc) is 3.37. The Morgan fingerprint density at radius 1 is 0.493 bits per heavy atom. The maximum absolute atomic E-state index is 13.0. The van der Waals surface area contributed by atoms with Crippen LogP contribution in [0.3, 0.4) is 0 Å². The maximum Gasteiger partial charge on any atom is 0.268 e. The number of aliphatic hydroxyl groups is 2. The highest BCUT2D eigenvalue weighted by atomic mass is 31.2. The minimum absolute atomic E-state index is 0.0497. The number of hydrogen-bond acceptors (Lipinski definition) is 7. The zero-order chi connectivity index (χ0) is 55.0. The summed E-state index contributed by atoms with van der Waals surface area (Å²) in [6.45, 7) is 4.27. The van der Waals surface area contributed by atoms with Crippen LogP contribution in [0.15, 0.2) is 85.1 Å². The molecule has 1 amide bonds. The van der Waals surface area contributed by atoms with E-state index in [-0.39, 0.29) is 18.9 Å². The highest BCUT2D eigenvalue weighted by Crippen LogP contribution is 2.38. The number of nitrogens with zero attached hydrogens (tertiary/aromatic N) is 1. The van der Waals surface area contributed by atoms with E-state index in [0.29, 0.717) is 30.3 Å². The number of carbonyl (C=O) groups is 1. The predicted molar refractivity (Wildman–Crippen MR) is 322 cm³/mol. The van der Waals surface area contributed by atoms with Gasteiger partial charge in [-0.15, -0.1) is 0 Å². The van der Waals surface area contributed by atoms with Gasteiger partial charge < -0.3 is 34.0 Å². The van der Waals surface area contributed by atoms with Gasteiger partial charge in [-0.2, -0.15) is 0 Å². The summed E-state index contributed by atoms with van der Waals surface area (Å²) in [4.78, 5) is 25.5. The molecule has 4 unspecified atom stereocenters. The molecule has 0 fully saturated rings. The number of quaternary nitrogens is 1. The van der Waals surface area contributed by atoms with E-state index in [1.165, 1.54) is 148 Å². The van der Waals surface area contributed by atoms with Gasteiger partial charge in [0.2, 0.25) is 5.91 Å². The fourth-order valence-corrected chi connectivity index (χ4v) is 9.55. The molecule has 0 saturated carbocycles. The Morgan fingerprint density at radius 3 is 1.28 bits per heavy atom. The lowest BCUT2D eigenvalue weighted by molar-refractivity contribution is -0.870. The zero-order valence-corrected chi connectivity index (χ0v) is 50.2. The number of amides is 1. The molecule has 0 aliphatic carbocycles. The Hall–Kier alpha value is -2.36. The lowest BCUT2D eigenvalue weighted by Crippen LogP contribution is -2.51. The number of phosphoric ester groups is 1. The summed E-state index contributed by atoms with van der Waals surface area (Å²) < 4.78 is 23.2. The molecule has 0 saturated heterocycles. The molecular weight excluding hydrogens is 952 g/mol. The van der Waals surface area contributed by atoms with Gasteiger partial charge in [-0.1, -0.05) is 247 Å². The van der Waals surface area contributed by atoms with Gasteiger partial charge in [-0.25, -0.2) is 0 Å². The number of allylic oxidation sites excluding steroid dienone is 14. The van der Waals surface area contributed by atoms with Crippen LogP contribution in [0.1, 0.15) is 264 Å². The van der Waals surface area contributed by atoms with Gasteiger partial charge >= 0.3 is 0 Å². The Bertz CT molecular complexity index is 1510. The molecule has 75 heavy (non-hydrogen) atoms. The number of likely N-dealkylation sites (N-methyl/N-ethyl adjacent to an activating group) is 1. The van der Waals surface area contributed by atoms with Crippen LogP contribution in [0, 0.1) is 0 Å². The van der Waals surface area contributed by atoms with Crippen LogP contribution in [-0.2, 0) is 18.4 Å². The molecule has 0 rings (SSSR count). The third-order valence-electron chi connectivity index (χ3n) is 13.7. The highest BCUT2D eigenvalue weighted by Gasteiger charge is 2.29. The van der Waals surface area contributed by atoms with Crippen LogP contribution >= 0.6 is 7.82 Å². The molecule has 0 spiro atoms. The van der Waals surface area contributed by atoms with Crippen LogP contribution in [0.2, 0.25) is 0 Å². The van der Waals surface area contributed by atoms with Gasteiger partial charge in [0.1, 0.15) is 19.3 Å². The fraction of sp³-hybridized carbons (Fsp3) is 0.769. The van der Waals surface area contributed by atoms with Crippen molar-refractivity contribution in [3.05, 3.63) is 85.1 Å². The summed E-state index contributed by atoms with van der Waals surface area (Å²) in [6, 6.07) is -1.10. The summed E-state index contributed by atoms with van der Waals surface area (Å²) in [5.74, 6) is -0.291.